The van der Waals surface area contributed by atoms with E-state index in [9.17, 15) is 4.79 Å². The van der Waals surface area contributed by atoms with Crippen molar-refractivity contribution < 1.29 is 9.53 Å². The third-order valence-corrected chi connectivity index (χ3v) is 4.94. The molecule has 0 aromatic heterocycles. The van der Waals surface area contributed by atoms with E-state index >= 15 is 0 Å². The smallest absolute Gasteiger partial charge is 0.337 e. The summed E-state index contributed by atoms with van der Waals surface area (Å²) in [6.07, 6.45) is 4.98. The van der Waals surface area contributed by atoms with Crippen LogP contribution in [0, 0.1) is 0 Å². The van der Waals surface area contributed by atoms with E-state index in [0.29, 0.717) is 5.56 Å². The third-order valence-electron chi connectivity index (χ3n) is 4.94. The Hall–Kier alpha value is -3.66. The Bertz CT molecular complexity index is 1030. The van der Waals surface area contributed by atoms with Crippen molar-refractivity contribution in [3.05, 3.63) is 108 Å². The van der Waals surface area contributed by atoms with Gasteiger partial charge < -0.3 is 4.74 Å². The number of allylic oxidation sites excluding steroid dienone is 1. The molecule has 0 bridgehead atoms. The number of rotatable bonds is 5. The highest BCUT2D eigenvalue weighted by molar-refractivity contribution is 6.01. The van der Waals surface area contributed by atoms with E-state index in [1.54, 1.807) is 12.1 Å². The lowest BCUT2D eigenvalue weighted by atomic mass is 10.0. The van der Waals surface area contributed by atoms with Crippen LogP contribution in [-0.4, -0.2) is 18.8 Å². The molecule has 3 aromatic rings. The highest BCUT2D eigenvalue weighted by Gasteiger charge is 2.28. The maximum absolute atomic E-state index is 11.7. The maximum atomic E-state index is 11.7. The number of methoxy groups -OCH3 is 1. The van der Waals surface area contributed by atoms with E-state index in [4.69, 9.17) is 9.84 Å². The van der Waals surface area contributed by atoms with Crippen LogP contribution in [0.1, 0.15) is 33.9 Å². The molecule has 144 valence electrons. The Morgan fingerprint density at radius 2 is 1.59 bits per heavy atom. The van der Waals surface area contributed by atoms with E-state index in [2.05, 4.69) is 36.4 Å². The lowest BCUT2D eigenvalue weighted by molar-refractivity contribution is 0.0601. The van der Waals surface area contributed by atoms with Gasteiger partial charge in [0.2, 0.25) is 0 Å². The predicted octanol–water partition coefficient (Wildman–Crippen LogP) is 5.49. The number of hydrogen-bond donors (Lipinski definition) is 0. The zero-order chi connectivity index (χ0) is 20.1. The van der Waals surface area contributed by atoms with Crippen LogP contribution in [0.2, 0.25) is 0 Å². The number of carbonyl (C=O) groups is 1. The summed E-state index contributed by atoms with van der Waals surface area (Å²) < 4.78 is 4.79. The second-order valence-corrected chi connectivity index (χ2v) is 6.85. The number of ether oxygens (including phenoxy) is 1. The fourth-order valence-corrected chi connectivity index (χ4v) is 3.43. The van der Waals surface area contributed by atoms with Crippen LogP contribution in [0.15, 0.2) is 96.1 Å². The number of benzene rings is 3. The number of hydrogen-bond acceptors (Lipinski definition) is 4. The van der Waals surface area contributed by atoms with E-state index in [0.717, 1.165) is 23.4 Å². The Morgan fingerprint density at radius 3 is 2.24 bits per heavy atom. The molecule has 0 radical (unpaired) electrons. The molecule has 0 spiro atoms. The van der Waals surface area contributed by atoms with Gasteiger partial charge in [0.15, 0.2) is 0 Å². The second kappa shape index (κ2) is 8.57. The van der Waals surface area contributed by atoms with Crippen molar-refractivity contribution in [3.8, 4) is 0 Å². The van der Waals surface area contributed by atoms with Crippen molar-refractivity contribution in [3.63, 3.8) is 0 Å². The molecule has 1 atom stereocenters. The zero-order valence-electron chi connectivity index (χ0n) is 16.2. The van der Waals surface area contributed by atoms with Gasteiger partial charge in [0.1, 0.15) is 0 Å². The van der Waals surface area contributed by atoms with Gasteiger partial charge in [-0.2, -0.15) is 5.10 Å². The summed E-state index contributed by atoms with van der Waals surface area (Å²) in [5.74, 6) is -0.340. The summed E-state index contributed by atoms with van der Waals surface area (Å²) in [6.45, 7) is 0. The van der Waals surface area contributed by atoms with E-state index in [1.165, 1.54) is 12.7 Å². The molecule has 0 fully saturated rings. The quantitative estimate of drug-likeness (QED) is 0.548. The van der Waals surface area contributed by atoms with Crippen molar-refractivity contribution in [1.29, 1.82) is 0 Å². The number of carbonyl (C=O) groups excluding carboxylic acids is 1. The highest BCUT2D eigenvalue weighted by Crippen LogP contribution is 2.35. The molecule has 29 heavy (non-hydrogen) atoms. The molecule has 4 heteroatoms. The minimum absolute atomic E-state index is 0.107. The van der Waals surface area contributed by atoms with Gasteiger partial charge in [0, 0.05) is 6.42 Å². The van der Waals surface area contributed by atoms with Crippen LogP contribution in [0.25, 0.3) is 6.08 Å². The minimum Gasteiger partial charge on any atom is -0.465 e. The Labute approximate surface area is 170 Å². The molecule has 0 aliphatic carbocycles. The molecular formula is C25H22N2O2. The lowest BCUT2D eigenvalue weighted by Crippen LogP contribution is -2.18. The van der Waals surface area contributed by atoms with E-state index in [-0.39, 0.29) is 12.0 Å². The fourth-order valence-electron chi connectivity index (χ4n) is 3.43. The summed E-state index contributed by atoms with van der Waals surface area (Å²) in [5.41, 5.74) is 4.83. The molecule has 4 nitrogen and oxygen atoms in total. The van der Waals surface area contributed by atoms with Crippen molar-refractivity contribution >= 4 is 23.4 Å². The summed E-state index contributed by atoms with van der Waals surface area (Å²) >= 11 is 0. The molecule has 1 aliphatic heterocycles. The topological polar surface area (TPSA) is 41.9 Å². The normalized spacial score (nSPS) is 16.1. The lowest BCUT2D eigenvalue weighted by Gasteiger charge is -2.24. The van der Waals surface area contributed by atoms with Crippen molar-refractivity contribution in [1.82, 2.24) is 0 Å². The SMILES string of the molecule is COC(=O)c1ccc(N2N=C(C=Cc3ccccc3)CC2c2ccccc2)cc1. The van der Waals surface area contributed by atoms with E-state index < -0.39 is 0 Å². The molecule has 1 heterocycles. The second-order valence-electron chi connectivity index (χ2n) is 6.85. The zero-order valence-corrected chi connectivity index (χ0v) is 16.2. The summed E-state index contributed by atoms with van der Waals surface area (Å²) in [5, 5.41) is 6.90. The molecule has 0 amide bonds. The van der Waals surface area contributed by atoms with Gasteiger partial charge in [-0.15, -0.1) is 0 Å². The molecule has 0 saturated carbocycles. The minimum atomic E-state index is -0.340. The first kappa shape index (κ1) is 18.7. The molecular weight excluding hydrogens is 360 g/mol. The van der Waals surface area contributed by atoms with E-state index in [1.807, 2.05) is 53.5 Å². The van der Waals surface area contributed by atoms with Crippen LogP contribution in [0.4, 0.5) is 5.69 Å². The first-order valence-electron chi connectivity index (χ1n) is 9.58. The van der Waals surface area contributed by atoms with Crippen LogP contribution < -0.4 is 5.01 Å². The number of anilines is 1. The standard InChI is InChI=1S/C25H22N2O2/c1-29-25(28)21-13-16-23(17-14-21)27-24(20-10-6-3-7-11-20)18-22(26-27)15-12-19-8-4-2-5-9-19/h2-17,24H,18H2,1H3. The molecule has 1 unspecified atom stereocenters. The molecule has 3 aromatic carbocycles. The van der Waals surface area contributed by atoms with Crippen LogP contribution in [-0.2, 0) is 4.74 Å². The molecule has 0 saturated heterocycles. The summed E-state index contributed by atoms with van der Waals surface area (Å²) in [6, 6.07) is 28.1. The molecule has 1 aliphatic rings. The predicted molar refractivity (Wildman–Crippen MR) is 117 cm³/mol. The first-order valence-corrected chi connectivity index (χ1v) is 9.58. The largest absolute Gasteiger partial charge is 0.465 e. The van der Waals surface area contributed by atoms with Crippen LogP contribution >= 0.6 is 0 Å². The highest BCUT2D eigenvalue weighted by atomic mass is 16.5. The molecule has 4 rings (SSSR count). The van der Waals surface area contributed by atoms with Gasteiger partial charge >= 0.3 is 5.97 Å². The Morgan fingerprint density at radius 1 is 0.931 bits per heavy atom. The van der Waals surface area contributed by atoms with Crippen molar-refractivity contribution in [2.24, 2.45) is 5.10 Å². The van der Waals surface area contributed by atoms with Crippen LogP contribution in [0.5, 0.6) is 0 Å². The van der Waals surface area contributed by atoms with Gasteiger partial charge in [0.25, 0.3) is 0 Å². The monoisotopic (exact) mass is 382 g/mol. The summed E-state index contributed by atoms with van der Waals surface area (Å²) in [7, 11) is 1.39. The molecule has 0 N–H and O–H groups in total. The van der Waals surface area contributed by atoms with Gasteiger partial charge in [-0.1, -0.05) is 66.7 Å². The van der Waals surface area contributed by atoms with Crippen molar-refractivity contribution in [2.45, 2.75) is 12.5 Å². The van der Waals surface area contributed by atoms with Gasteiger partial charge in [-0.3, -0.25) is 5.01 Å². The average molecular weight is 382 g/mol. The van der Waals surface area contributed by atoms with Crippen LogP contribution in [0.3, 0.4) is 0 Å². The maximum Gasteiger partial charge on any atom is 0.337 e. The number of nitrogens with zero attached hydrogens (tertiary/aromatic N) is 2. The van der Waals surface area contributed by atoms with Gasteiger partial charge in [-0.05, 0) is 41.5 Å². The number of esters is 1. The fraction of sp³-hybridized carbons (Fsp3) is 0.120. The van der Waals surface area contributed by atoms with Gasteiger partial charge in [-0.25, -0.2) is 4.79 Å². The number of hydrazone groups is 1. The Balaban J connectivity index is 1.64. The first-order chi connectivity index (χ1) is 14.2. The average Bonchev–Trinajstić information content (AvgIpc) is 3.23. The summed E-state index contributed by atoms with van der Waals surface area (Å²) in [4.78, 5) is 11.7. The third kappa shape index (κ3) is 4.27. The Kier molecular flexibility index (Phi) is 5.52. The van der Waals surface area contributed by atoms with Crippen molar-refractivity contribution in [2.75, 3.05) is 12.1 Å². The van der Waals surface area contributed by atoms with Gasteiger partial charge in [0.05, 0.1) is 30.1 Å².